The Balaban J connectivity index is 2.60. The van der Waals surface area contributed by atoms with Crippen LogP contribution in [0.1, 0.15) is 28.7 Å². The van der Waals surface area contributed by atoms with Gasteiger partial charge in [-0.3, -0.25) is 0 Å². The second kappa shape index (κ2) is 6.19. The summed E-state index contributed by atoms with van der Waals surface area (Å²) in [6.45, 7) is 6.81. The first-order valence-corrected chi connectivity index (χ1v) is 6.56. The predicted octanol–water partition coefficient (Wildman–Crippen LogP) is 3.23. The monoisotopic (exact) mass is 224 g/mol. The van der Waals surface area contributed by atoms with Crippen LogP contribution in [0.5, 0.6) is 0 Å². The molecule has 0 fully saturated rings. The zero-order valence-electron chi connectivity index (χ0n) is 9.84. The molecule has 1 aromatic carbocycles. The van der Waals surface area contributed by atoms with Gasteiger partial charge in [0.05, 0.1) is 0 Å². The van der Waals surface area contributed by atoms with Crippen molar-refractivity contribution >= 4 is 11.8 Å². The van der Waals surface area contributed by atoms with E-state index in [9.17, 15) is 0 Å². The van der Waals surface area contributed by atoms with Gasteiger partial charge in [0.15, 0.2) is 0 Å². The Labute approximate surface area is 96.9 Å². The van der Waals surface area contributed by atoms with Gasteiger partial charge in [0, 0.05) is 12.4 Å². The quantitative estimate of drug-likeness (QED) is 0.775. The van der Waals surface area contributed by atoms with Crippen LogP contribution >= 0.6 is 11.8 Å². The third-order valence-electron chi connectivity index (χ3n) is 2.53. The van der Waals surface area contributed by atoms with Gasteiger partial charge in [-0.15, -0.1) is 0 Å². The van der Waals surface area contributed by atoms with Gasteiger partial charge in [-0.25, -0.2) is 0 Å². The van der Waals surface area contributed by atoms with E-state index >= 15 is 0 Å². The van der Waals surface area contributed by atoms with Crippen LogP contribution in [0.25, 0.3) is 0 Å². The number of hydrogen-bond donors (Lipinski definition) is 1. The molecule has 0 unspecified atom stereocenters. The Hall–Kier alpha value is -0.470. The van der Waals surface area contributed by atoms with Gasteiger partial charge in [0.1, 0.15) is 0 Å². The summed E-state index contributed by atoms with van der Waals surface area (Å²) in [6, 6.07) is 4.49. The van der Waals surface area contributed by atoms with E-state index in [1.54, 1.807) is 0 Å². The van der Waals surface area contributed by atoms with Crippen LogP contribution in [-0.2, 0) is 5.75 Å². The van der Waals surface area contributed by atoms with Gasteiger partial charge in [0.2, 0.25) is 0 Å². The minimum Gasteiger partial charge on any atom is -0.396 e. The topological polar surface area (TPSA) is 20.2 Å². The number of thioether (sulfide) groups is 1. The molecule has 1 rings (SSSR count). The van der Waals surface area contributed by atoms with Gasteiger partial charge in [-0.2, -0.15) is 11.8 Å². The normalized spacial score (nSPS) is 10.7. The molecule has 0 spiro atoms. The fourth-order valence-electron chi connectivity index (χ4n) is 1.78. The van der Waals surface area contributed by atoms with E-state index < -0.39 is 0 Å². The van der Waals surface area contributed by atoms with Crippen LogP contribution < -0.4 is 0 Å². The molecule has 84 valence electrons. The zero-order chi connectivity index (χ0) is 11.3. The molecule has 0 aliphatic carbocycles. The Morgan fingerprint density at radius 3 is 2.27 bits per heavy atom. The lowest BCUT2D eigenvalue weighted by molar-refractivity contribution is 0.296. The molecule has 0 aromatic heterocycles. The van der Waals surface area contributed by atoms with Crippen molar-refractivity contribution < 1.29 is 5.11 Å². The summed E-state index contributed by atoms with van der Waals surface area (Å²) < 4.78 is 0. The van der Waals surface area contributed by atoms with E-state index in [-0.39, 0.29) is 0 Å². The van der Waals surface area contributed by atoms with E-state index in [0.29, 0.717) is 6.61 Å². The van der Waals surface area contributed by atoms with E-state index in [2.05, 4.69) is 32.9 Å². The lowest BCUT2D eigenvalue weighted by Crippen LogP contribution is -1.94. The average molecular weight is 224 g/mol. The Morgan fingerprint density at radius 2 is 1.73 bits per heavy atom. The van der Waals surface area contributed by atoms with Crippen molar-refractivity contribution in [3.63, 3.8) is 0 Å². The van der Waals surface area contributed by atoms with Crippen molar-refractivity contribution in [1.29, 1.82) is 0 Å². The largest absolute Gasteiger partial charge is 0.396 e. The predicted molar refractivity (Wildman–Crippen MR) is 68.5 cm³/mol. The zero-order valence-corrected chi connectivity index (χ0v) is 10.7. The van der Waals surface area contributed by atoms with E-state index in [1.165, 1.54) is 22.3 Å². The van der Waals surface area contributed by atoms with Gasteiger partial charge in [0.25, 0.3) is 0 Å². The molecule has 0 amide bonds. The third kappa shape index (κ3) is 3.88. The Bertz CT molecular complexity index is 297. The van der Waals surface area contributed by atoms with Crippen LogP contribution in [0.15, 0.2) is 12.1 Å². The highest BCUT2D eigenvalue weighted by molar-refractivity contribution is 7.98. The minimum absolute atomic E-state index is 0.304. The van der Waals surface area contributed by atoms with Crippen LogP contribution in [0.2, 0.25) is 0 Å². The van der Waals surface area contributed by atoms with E-state index in [4.69, 9.17) is 5.11 Å². The molecule has 15 heavy (non-hydrogen) atoms. The van der Waals surface area contributed by atoms with Crippen molar-refractivity contribution in [2.75, 3.05) is 12.4 Å². The smallest absolute Gasteiger partial charge is 0.0438 e. The number of aliphatic hydroxyl groups is 1. The highest BCUT2D eigenvalue weighted by Crippen LogP contribution is 2.21. The molecule has 0 radical (unpaired) electrons. The minimum atomic E-state index is 0.304. The molecule has 0 saturated heterocycles. The standard InChI is InChI=1S/C13H20OS/c1-10-7-11(2)13(12(3)8-10)9-15-6-4-5-14/h7-8,14H,4-6,9H2,1-3H3. The third-order valence-corrected chi connectivity index (χ3v) is 3.60. The number of aliphatic hydroxyl groups excluding tert-OH is 1. The molecule has 1 N–H and O–H groups in total. The first-order valence-electron chi connectivity index (χ1n) is 5.40. The average Bonchev–Trinajstić information content (AvgIpc) is 2.15. The van der Waals surface area contributed by atoms with Crippen molar-refractivity contribution in [2.45, 2.75) is 32.9 Å². The highest BCUT2D eigenvalue weighted by atomic mass is 32.2. The van der Waals surface area contributed by atoms with Crippen LogP contribution in [0.3, 0.4) is 0 Å². The van der Waals surface area contributed by atoms with Gasteiger partial charge in [-0.05, 0) is 49.6 Å². The van der Waals surface area contributed by atoms with Crippen molar-refractivity contribution in [3.05, 3.63) is 34.4 Å². The van der Waals surface area contributed by atoms with Gasteiger partial charge < -0.3 is 5.11 Å². The fraction of sp³-hybridized carbons (Fsp3) is 0.538. The summed E-state index contributed by atoms with van der Waals surface area (Å²) in [5.74, 6) is 2.11. The number of benzene rings is 1. The lowest BCUT2D eigenvalue weighted by Gasteiger charge is -2.10. The maximum atomic E-state index is 8.70. The van der Waals surface area contributed by atoms with Crippen molar-refractivity contribution in [3.8, 4) is 0 Å². The van der Waals surface area contributed by atoms with Crippen LogP contribution in [-0.4, -0.2) is 17.5 Å². The summed E-state index contributed by atoms with van der Waals surface area (Å²) in [4.78, 5) is 0. The molecular formula is C13H20OS. The van der Waals surface area contributed by atoms with Gasteiger partial charge >= 0.3 is 0 Å². The maximum absolute atomic E-state index is 8.70. The second-order valence-electron chi connectivity index (χ2n) is 4.01. The summed E-state index contributed by atoms with van der Waals surface area (Å²) in [5.41, 5.74) is 5.59. The van der Waals surface area contributed by atoms with Crippen molar-refractivity contribution in [2.24, 2.45) is 0 Å². The van der Waals surface area contributed by atoms with Crippen LogP contribution in [0.4, 0.5) is 0 Å². The molecule has 0 aliphatic heterocycles. The van der Waals surface area contributed by atoms with E-state index in [0.717, 1.165) is 17.9 Å². The van der Waals surface area contributed by atoms with Gasteiger partial charge in [-0.1, -0.05) is 17.7 Å². The summed E-state index contributed by atoms with van der Waals surface area (Å²) in [5, 5.41) is 8.70. The summed E-state index contributed by atoms with van der Waals surface area (Å²) in [6.07, 6.45) is 0.897. The summed E-state index contributed by atoms with van der Waals surface area (Å²) >= 11 is 1.91. The lowest BCUT2D eigenvalue weighted by atomic mass is 10.0. The molecule has 0 heterocycles. The Kier molecular flexibility index (Phi) is 5.20. The number of aryl methyl sites for hydroxylation is 3. The van der Waals surface area contributed by atoms with E-state index in [1.807, 2.05) is 11.8 Å². The van der Waals surface area contributed by atoms with Crippen molar-refractivity contribution in [1.82, 2.24) is 0 Å². The maximum Gasteiger partial charge on any atom is 0.0438 e. The molecule has 0 aliphatic rings. The second-order valence-corrected chi connectivity index (χ2v) is 5.11. The summed E-state index contributed by atoms with van der Waals surface area (Å²) in [7, 11) is 0. The number of rotatable bonds is 5. The molecule has 0 bridgehead atoms. The van der Waals surface area contributed by atoms with Crippen LogP contribution in [0, 0.1) is 20.8 Å². The molecular weight excluding hydrogens is 204 g/mol. The fourth-order valence-corrected chi connectivity index (χ4v) is 2.92. The molecule has 1 aromatic rings. The first kappa shape index (κ1) is 12.6. The molecule has 1 nitrogen and oxygen atoms in total. The highest BCUT2D eigenvalue weighted by Gasteiger charge is 2.03. The number of hydrogen-bond acceptors (Lipinski definition) is 2. The SMILES string of the molecule is Cc1cc(C)c(CSCCCO)c(C)c1. The molecule has 2 heteroatoms. The molecule has 0 saturated carbocycles. The molecule has 0 atom stereocenters. The first-order chi connectivity index (χ1) is 7.15. The Morgan fingerprint density at radius 1 is 1.13 bits per heavy atom.